The molecule has 0 saturated carbocycles. The number of carbonyl (C=O) groups excluding carboxylic acids is 1. The summed E-state index contributed by atoms with van der Waals surface area (Å²) in [6.45, 7) is 8.74. The lowest BCUT2D eigenvalue weighted by molar-refractivity contribution is -0.252. The van der Waals surface area contributed by atoms with E-state index in [9.17, 15) is 4.79 Å². The van der Waals surface area contributed by atoms with Gasteiger partial charge in [-0.2, -0.15) is 46.2 Å². The molecule has 0 aliphatic heterocycles. The standard InChI is InChI=1S/C9H9N3O2.C8H9N3O.C6H5N3O.C4H10O3.C3H8/c1-2-14-8-4-3-7-9(6(8)5-13)11-12-10-7;1-2-12-6-3-4-7-8(5-6)10-11-9-7;10-4-1-2-5-6(3-4)8-9-7-5;1-5-4(6-2)7-3;1-3-2/h3-5H,2H2,1H3,(H,10,11,12);3-5H,2H2,1H3,(H,9,10,11);1-3,10H,(H,7,8,9);4H,1-3H3;3H2,1-2H3. The topological polar surface area (TPSA) is 208 Å². The molecule has 3 aromatic carbocycles. The van der Waals surface area contributed by atoms with Gasteiger partial charge in [-0.3, -0.25) is 4.79 Å². The highest BCUT2D eigenvalue weighted by Crippen LogP contribution is 2.23. The van der Waals surface area contributed by atoms with Crippen LogP contribution >= 0.6 is 0 Å². The fourth-order valence-corrected chi connectivity index (χ4v) is 3.50. The van der Waals surface area contributed by atoms with E-state index in [4.69, 9.17) is 14.6 Å². The number of carbonyl (C=O) groups is 1. The average Bonchev–Trinajstić information content (AvgIpc) is 3.84. The molecule has 16 heteroatoms. The van der Waals surface area contributed by atoms with Crippen molar-refractivity contribution in [1.82, 2.24) is 46.2 Å². The molecule has 16 nitrogen and oxygen atoms in total. The van der Waals surface area contributed by atoms with Crippen LogP contribution in [0.25, 0.3) is 33.1 Å². The Kier molecular flexibility index (Phi) is 16.7. The predicted molar refractivity (Wildman–Crippen MR) is 172 cm³/mol. The third kappa shape index (κ3) is 11.4. The molecular weight excluding hydrogens is 598 g/mol. The van der Waals surface area contributed by atoms with Crippen LogP contribution < -0.4 is 9.47 Å². The number of benzene rings is 3. The number of phenolic OH excluding ortho intramolecular Hbond substituents is 1. The van der Waals surface area contributed by atoms with E-state index < -0.39 is 6.48 Å². The maximum atomic E-state index is 10.9. The van der Waals surface area contributed by atoms with E-state index in [0.717, 1.165) is 28.6 Å². The first-order valence-corrected chi connectivity index (χ1v) is 14.3. The van der Waals surface area contributed by atoms with Crippen LogP contribution in [0.1, 0.15) is 44.5 Å². The summed E-state index contributed by atoms with van der Waals surface area (Å²) in [5.41, 5.74) is 4.79. The van der Waals surface area contributed by atoms with Gasteiger partial charge in [-0.15, -0.1) is 0 Å². The van der Waals surface area contributed by atoms with Gasteiger partial charge in [-0.05, 0) is 50.2 Å². The minimum atomic E-state index is -0.514. The summed E-state index contributed by atoms with van der Waals surface area (Å²) in [7, 11) is 4.53. The molecule has 0 unspecified atom stereocenters. The van der Waals surface area contributed by atoms with E-state index in [0.29, 0.717) is 41.1 Å². The minimum Gasteiger partial charge on any atom is -0.508 e. The Morgan fingerprint density at radius 1 is 0.674 bits per heavy atom. The van der Waals surface area contributed by atoms with Crippen LogP contribution in [0.2, 0.25) is 0 Å². The van der Waals surface area contributed by atoms with Crippen molar-refractivity contribution in [3.05, 3.63) is 54.1 Å². The van der Waals surface area contributed by atoms with Gasteiger partial charge in [-0.25, -0.2) is 0 Å². The van der Waals surface area contributed by atoms with Crippen molar-refractivity contribution < 1.29 is 33.6 Å². The first-order chi connectivity index (χ1) is 22.4. The zero-order chi connectivity index (χ0) is 33.7. The number of rotatable bonds is 8. The van der Waals surface area contributed by atoms with Gasteiger partial charge in [0.25, 0.3) is 6.48 Å². The lowest BCUT2D eigenvalue weighted by Gasteiger charge is -2.08. The molecule has 3 heterocycles. The zero-order valence-electron chi connectivity index (χ0n) is 27.0. The third-order valence-corrected chi connectivity index (χ3v) is 5.38. The van der Waals surface area contributed by atoms with Crippen LogP contribution in [0.5, 0.6) is 17.2 Å². The van der Waals surface area contributed by atoms with Gasteiger partial charge in [0.1, 0.15) is 50.3 Å². The molecule has 3 aromatic heterocycles. The van der Waals surface area contributed by atoms with Gasteiger partial charge in [0.2, 0.25) is 0 Å². The molecule has 6 aromatic rings. The summed E-state index contributed by atoms with van der Waals surface area (Å²) < 4.78 is 24.4. The number of methoxy groups -OCH3 is 3. The summed E-state index contributed by atoms with van der Waals surface area (Å²) in [6, 6.07) is 13.9. The van der Waals surface area contributed by atoms with E-state index in [-0.39, 0.29) is 5.75 Å². The van der Waals surface area contributed by atoms with E-state index in [1.165, 1.54) is 27.8 Å². The molecule has 0 radical (unpaired) electrons. The monoisotopic (exact) mass is 639 g/mol. The number of aldehydes is 1. The van der Waals surface area contributed by atoms with Gasteiger partial charge in [-0.1, -0.05) is 20.3 Å². The van der Waals surface area contributed by atoms with Crippen molar-refractivity contribution >= 4 is 39.4 Å². The lowest BCUT2D eigenvalue weighted by Crippen LogP contribution is -2.14. The van der Waals surface area contributed by atoms with Crippen LogP contribution in [0, 0.1) is 0 Å². The molecular formula is C30H41N9O7. The third-order valence-electron chi connectivity index (χ3n) is 5.38. The Hall–Kier alpha value is -5.19. The lowest BCUT2D eigenvalue weighted by atomic mass is 10.2. The first kappa shape index (κ1) is 37.0. The number of nitrogens with one attached hydrogen (secondary N) is 3. The van der Waals surface area contributed by atoms with E-state index >= 15 is 0 Å². The second-order valence-electron chi connectivity index (χ2n) is 8.83. The number of hydrogen-bond donors (Lipinski definition) is 4. The van der Waals surface area contributed by atoms with Crippen LogP contribution in [0.4, 0.5) is 0 Å². The summed E-state index contributed by atoms with van der Waals surface area (Å²) in [5.74, 6) is 1.59. The molecule has 4 N–H and O–H groups in total. The Labute approximate surface area is 265 Å². The molecule has 248 valence electrons. The van der Waals surface area contributed by atoms with Crippen molar-refractivity contribution in [1.29, 1.82) is 0 Å². The molecule has 6 rings (SSSR count). The average molecular weight is 640 g/mol. The number of fused-ring (bicyclic) bond motifs is 3. The van der Waals surface area contributed by atoms with Crippen molar-refractivity contribution in [2.75, 3.05) is 34.5 Å². The minimum absolute atomic E-state index is 0.210. The van der Waals surface area contributed by atoms with Gasteiger partial charge in [0.15, 0.2) is 6.29 Å². The number of aromatic nitrogens is 9. The number of aromatic hydroxyl groups is 1. The van der Waals surface area contributed by atoms with Crippen molar-refractivity contribution in [2.24, 2.45) is 0 Å². The summed E-state index contributed by atoms with van der Waals surface area (Å²) >= 11 is 0. The Bertz CT molecular complexity index is 1690. The molecule has 0 atom stereocenters. The van der Waals surface area contributed by atoms with Gasteiger partial charge in [0.05, 0.1) is 18.8 Å². The normalized spacial score (nSPS) is 10.1. The van der Waals surface area contributed by atoms with E-state index in [1.807, 2.05) is 32.0 Å². The van der Waals surface area contributed by atoms with Crippen molar-refractivity contribution in [2.45, 2.75) is 40.6 Å². The quantitative estimate of drug-likeness (QED) is 0.130. The van der Waals surface area contributed by atoms with Crippen LogP contribution in [-0.4, -0.2) is 98.6 Å². The Morgan fingerprint density at radius 3 is 1.72 bits per heavy atom. The fourth-order valence-electron chi connectivity index (χ4n) is 3.50. The highest BCUT2D eigenvalue weighted by atomic mass is 16.8. The Morgan fingerprint density at radius 2 is 1.17 bits per heavy atom. The highest BCUT2D eigenvalue weighted by Gasteiger charge is 2.10. The summed E-state index contributed by atoms with van der Waals surface area (Å²) in [6.07, 6.45) is 1.98. The molecule has 0 bridgehead atoms. The largest absolute Gasteiger partial charge is 0.508 e. The molecule has 0 spiro atoms. The number of phenols is 1. The van der Waals surface area contributed by atoms with Crippen LogP contribution in [0.15, 0.2) is 48.5 Å². The number of aromatic amines is 3. The Balaban J connectivity index is 0.000000213. The first-order valence-electron chi connectivity index (χ1n) is 14.3. The van der Waals surface area contributed by atoms with E-state index in [1.54, 1.807) is 30.3 Å². The molecule has 0 aliphatic carbocycles. The maximum Gasteiger partial charge on any atom is 0.270 e. The molecule has 0 saturated heterocycles. The van der Waals surface area contributed by atoms with Crippen LogP contribution in [-0.2, 0) is 14.2 Å². The number of hydrogen-bond acceptors (Lipinski definition) is 13. The second-order valence-corrected chi connectivity index (χ2v) is 8.83. The van der Waals surface area contributed by atoms with Gasteiger partial charge >= 0.3 is 0 Å². The van der Waals surface area contributed by atoms with Crippen molar-refractivity contribution in [3.8, 4) is 17.2 Å². The molecule has 46 heavy (non-hydrogen) atoms. The summed E-state index contributed by atoms with van der Waals surface area (Å²) in [4.78, 5) is 10.9. The summed E-state index contributed by atoms with van der Waals surface area (Å²) in [5, 5.41) is 39.7. The van der Waals surface area contributed by atoms with Crippen LogP contribution in [0.3, 0.4) is 0 Å². The fraction of sp³-hybridized carbons (Fsp3) is 0.367. The zero-order valence-corrected chi connectivity index (χ0v) is 27.0. The molecule has 0 aliphatic rings. The predicted octanol–water partition coefficient (Wildman–Crippen LogP) is 4.81. The number of nitrogens with zero attached hydrogens (tertiary/aromatic N) is 6. The highest BCUT2D eigenvalue weighted by molar-refractivity contribution is 5.96. The number of H-pyrrole nitrogens is 3. The molecule has 0 fully saturated rings. The smallest absolute Gasteiger partial charge is 0.270 e. The SMILES string of the molecule is CCC.CCOc1ccc2n[nH]nc2c1.CCOc1ccc2n[nH]nc2c1C=O.COC(OC)OC.Oc1ccc2n[nH]nc2c1. The van der Waals surface area contributed by atoms with E-state index in [2.05, 4.69) is 74.3 Å². The van der Waals surface area contributed by atoms with Crippen molar-refractivity contribution in [3.63, 3.8) is 0 Å². The van der Waals surface area contributed by atoms with Gasteiger partial charge in [0, 0.05) is 33.5 Å². The molecule has 0 amide bonds. The second kappa shape index (κ2) is 20.7. The number of ether oxygens (including phenoxy) is 5. The maximum absolute atomic E-state index is 10.9. The van der Waals surface area contributed by atoms with Gasteiger partial charge < -0.3 is 28.8 Å².